The Balaban J connectivity index is 1.67. The summed E-state index contributed by atoms with van der Waals surface area (Å²) in [5.74, 6) is 2.94. The van der Waals surface area contributed by atoms with Gasteiger partial charge in [0.2, 0.25) is 17.7 Å². The van der Waals surface area contributed by atoms with Crippen LogP contribution >= 0.6 is 15.9 Å². The smallest absolute Gasteiger partial charge is 0.290 e. The zero-order chi connectivity index (χ0) is 26.1. The predicted octanol–water partition coefficient (Wildman–Crippen LogP) is 5.96. The molecule has 0 unspecified atom stereocenters. The van der Waals surface area contributed by atoms with Crippen LogP contribution in [-0.4, -0.2) is 43.8 Å². The van der Waals surface area contributed by atoms with Crippen LogP contribution < -0.4 is 30.2 Å². The maximum absolute atomic E-state index is 6.02. The SMILES string of the molecule is CCCNCCNc1nc(OC)c(NCc2ccc(Oc3cc(C(C)(C)C)ccc3Br)o2)c(OC)n1. The molecule has 2 heterocycles. The molecule has 196 valence electrons. The van der Waals surface area contributed by atoms with Crippen LogP contribution in [0.5, 0.6) is 23.5 Å². The number of ether oxygens (including phenoxy) is 3. The molecule has 0 bridgehead atoms. The van der Waals surface area contributed by atoms with Crippen LogP contribution in [0.1, 0.15) is 45.4 Å². The van der Waals surface area contributed by atoms with Gasteiger partial charge in [-0.1, -0.05) is 33.8 Å². The zero-order valence-electron chi connectivity index (χ0n) is 21.8. The van der Waals surface area contributed by atoms with Crippen molar-refractivity contribution in [2.24, 2.45) is 0 Å². The summed E-state index contributed by atoms with van der Waals surface area (Å²) in [6.07, 6.45) is 1.09. The molecule has 0 atom stereocenters. The number of aromatic nitrogens is 2. The summed E-state index contributed by atoms with van der Waals surface area (Å²) in [6, 6.07) is 9.73. The molecular weight excluding hydrogens is 526 g/mol. The van der Waals surface area contributed by atoms with Gasteiger partial charge >= 0.3 is 0 Å². The molecule has 36 heavy (non-hydrogen) atoms. The quantitative estimate of drug-likeness (QED) is 0.218. The Kier molecular flexibility index (Phi) is 9.83. The highest BCUT2D eigenvalue weighted by molar-refractivity contribution is 9.10. The maximum Gasteiger partial charge on any atom is 0.290 e. The Morgan fingerprint density at radius 3 is 2.31 bits per heavy atom. The largest absolute Gasteiger partial charge is 0.479 e. The Hall–Kier alpha value is -2.98. The normalized spacial score (nSPS) is 11.3. The summed E-state index contributed by atoms with van der Waals surface area (Å²) >= 11 is 3.56. The van der Waals surface area contributed by atoms with E-state index in [1.54, 1.807) is 20.3 Å². The van der Waals surface area contributed by atoms with Crippen molar-refractivity contribution >= 4 is 27.6 Å². The molecule has 0 aliphatic heterocycles. The van der Waals surface area contributed by atoms with Gasteiger partial charge in [-0.3, -0.25) is 0 Å². The number of hydrogen-bond acceptors (Lipinski definition) is 9. The van der Waals surface area contributed by atoms with E-state index in [1.807, 2.05) is 18.2 Å². The van der Waals surface area contributed by atoms with Crippen molar-refractivity contribution in [1.29, 1.82) is 0 Å². The average molecular weight is 563 g/mol. The van der Waals surface area contributed by atoms with Crippen LogP contribution in [0.2, 0.25) is 0 Å². The first-order chi connectivity index (χ1) is 17.2. The lowest BCUT2D eigenvalue weighted by atomic mass is 9.87. The molecule has 3 rings (SSSR count). The lowest BCUT2D eigenvalue weighted by Gasteiger charge is -2.20. The second kappa shape index (κ2) is 12.8. The highest BCUT2D eigenvalue weighted by atomic mass is 79.9. The standard InChI is InChI=1S/C26H36BrN5O4/c1-7-12-28-13-14-29-25-31-23(33-5)22(24(32-25)34-6)30-16-18-9-11-21(35-18)36-20-15-17(26(2,3)4)8-10-19(20)27/h8-11,15,28,30H,7,12-14,16H2,1-6H3,(H,29,31,32). The summed E-state index contributed by atoms with van der Waals surface area (Å²) < 4.78 is 23.7. The summed E-state index contributed by atoms with van der Waals surface area (Å²) in [6.45, 7) is 11.4. The molecule has 0 saturated carbocycles. The van der Waals surface area contributed by atoms with Gasteiger partial charge in [0.15, 0.2) is 5.69 Å². The molecule has 1 aromatic carbocycles. The third kappa shape index (κ3) is 7.51. The number of methoxy groups -OCH3 is 2. The minimum Gasteiger partial charge on any atom is -0.479 e. The average Bonchev–Trinajstić information content (AvgIpc) is 3.30. The van der Waals surface area contributed by atoms with E-state index in [9.17, 15) is 0 Å². The van der Waals surface area contributed by atoms with Crippen LogP contribution in [0.15, 0.2) is 39.2 Å². The van der Waals surface area contributed by atoms with Gasteiger partial charge in [0.25, 0.3) is 5.95 Å². The van der Waals surface area contributed by atoms with Crippen molar-refractivity contribution in [1.82, 2.24) is 15.3 Å². The lowest BCUT2D eigenvalue weighted by molar-refractivity contribution is 0.331. The van der Waals surface area contributed by atoms with Crippen LogP contribution in [0.4, 0.5) is 11.6 Å². The number of halogens is 1. The van der Waals surface area contributed by atoms with Gasteiger partial charge in [-0.25, -0.2) is 0 Å². The molecule has 0 aliphatic rings. The van der Waals surface area contributed by atoms with E-state index in [4.69, 9.17) is 18.6 Å². The Morgan fingerprint density at radius 1 is 0.944 bits per heavy atom. The molecule has 0 saturated heterocycles. The van der Waals surface area contributed by atoms with Crippen LogP contribution in [-0.2, 0) is 12.0 Å². The lowest BCUT2D eigenvalue weighted by Crippen LogP contribution is -2.23. The van der Waals surface area contributed by atoms with Gasteiger partial charge in [0, 0.05) is 19.2 Å². The second-order valence-corrected chi connectivity index (χ2v) is 10.0. The molecule has 10 heteroatoms. The Morgan fingerprint density at radius 2 is 1.67 bits per heavy atom. The maximum atomic E-state index is 6.02. The first-order valence-corrected chi connectivity index (χ1v) is 12.8. The highest BCUT2D eigenvalue weighted by Gasteiger charge is 2.18. The molecule has 0 radical (unpaired) electrons. The molecule has 0 fully saturated rings. The second-order valence-electron chi connectivity index (χ2n) is 9.19. The first kappa shape index (κ1) is 27.6. The molecule has 3 N–H and O–H groups in total. The van der Waals surface area contributed by atoms with Crippen molar-refractivity contribution in [2.75, 3.05) is 44.5 Å². The van der Waals surface area contributed by atoms with E-state index in [2.05, 4.69) is 75.6 Å². The topological polar surface area (TPSA) is 103 Å². The molecule has 3 aromatic rings. The monoisotopic (exact) mass is 561 g/mol. The molecule has 0 aliphatic carbocycles. The van der Waals surface area contributed by atoms with Gasteiger partial charge in [-0.15, -0.1) is 0 Å². The minimum absolute atomic E-state index is 0.00818. The van der Waals surface area contributed by atoms with Crippen LogP contribution in [0.3, 0.4) is 0 Å². The van der Waals surface area contributed by atoms with Crippen molar-refractivity contribution in [2.45, 2.75) is 46.1 Å². The van der Waals surface area contributed by atoms with Gasteiger partial charge in [-0.2, -0.15) is 9.97 Å². The van der Waals surface area contributed by atoms with E-state index in [-0.39, 0.29) is 5.41 Å². The fraction of sp³-hybridized carbons (Fsp3) is 0.462. The van der Waals surface area contributed by atoms with Crippen molar-refractivity contribution in [3.8, 4) is 23.5 Å². The number of nitrogens with zero attached hydrogens (tertiary/aromatic N) is 2. The van der Waals surface area contributed by atoms with Gasteiger partial charge in [-0.05, 0) is 58.1 Å². The Labute approximate surface area is 221 Å². The number of furan rings is 1. The number of anilines is 2. The van der Waals surface area contributed by atoms with E-state index in [1.165, 1.54) is 5.56 Å². The van der Waals surface area contributed by atoms with E-state index < -0.39 is 0 Å². The number of benzene rings is 1. The third-order valence-corrected chi connectivity index (χ3v) is 5.98. The highest BCUT2D eigenvalue weighted by Crippen LogP contribution is 2.36. The molecular formula is C26H36BrN5O4. The fourth-order valence-electron chi connectivity index (χ4n) is 3.35. The molecule has 2 aromatic heterocycles. The summed E-state index contributed by atoms with van der Waals surface area (Å²) in [5, 5.41) is 9.77. The summed E-state index contributed by atoms with van der Waals surface area (Å²) in [5.41, 5.74) is 1.71. The molecule has 9 nitrogen and oxygen atoms in total. The van der Waals surface area contributed by atoms with E-state index in [0.717, 1.165) is 24.0 Å². The minimum atomic E-state index is 0.00818. The fourth-order valence-corrected chi connectivity index (χ4v) is 3.68. The van der Waals surface area contributed by atoms with Crippen LogP contribution in [0.25, 0.3) is 0 Å². The van der Waals surface area contributed by atoms with Gasteiger partial charge in [0.05, 0.1) is 25.2 Å². The molecule has 0 amide bonds. The van der Waals surface area contributed by atoms with Crippen molar-refractivity contribution in [3.63, 3.8) is 0 Å². The molecule has 0 spiro atoms. The van der Waals surface area contributed by atoms with E-state index >= 15 is 0 Å². The summed E-state index contributed by atoms with van der Waals surface area (Å²) in [4.78, 5) is 8.91. The Bertz CT molecular complexity index is 1100. The first-order valence-electron chi connectivity index (χ1n) is 12.0. The van der Waals surface area contributed by atoms with Gasteiger partial charge in [0.1, 0.15) is 11.5 Å². The zero-order valence-corrected chi connectivity index (χ0v) is 23.4. The van der Waals surface area contributed by atoms with Crippen LogP contribution in [0, 0.1) is 0 Å². The number of rotatable bonds is 13. The van der Waals surface area contributed by atoms with E-state index in [0.29, 0.717) is 53.9 Å². The van der Waals surface area contributed by atoms with Gasteiger partial charge < -0.3 is 34.6 Å². The predicted molar refractivity (Wildman–Crippen MR) is 146 cm³/mol. The third-order valence-electron chi connectivity index (χ3n) is 5.33. The summed E-state index contributed by atoms with van der Waals surface area (Å²) in [7, 11) is 3.11. The number of hydrogen-bond donors (Lipinski definition) is 3. The van der Waals surface area contributed by atoms with Crippen molar-refractivity contribution < 1.29 is 18.6 Å². The number of nitrogens with one attached hydrogen (secondary N) is 3. The van der Waals surface area contributed by atoms with Crippen molar-refractivity contribution in [3.05, 3.63) is 46.1 Å².